The number of H-pyrrole nitrogens is 1. The number of fused-ring (bicyclic) bond motifs is 1. The number of anilines is 1. The molecule has 2 N–H and O–H groups in total. The Morgan fingerprint density at radius 1 is 1.31 bits per heavy atom. The summed E-state index contributed by atoms with van der Waals surface area (Å²) in [6, 6.07) is 1.45. The van der Waals surface area contributed by atoms with Gasteiger partial charge in [0.25, 0.3) is 11.5 Å². The second-order valence-corrected chi connectivity index (χ2v) is 8.91. The predicted molar refractivity (Wildman–Crippen MR) is 122 cm³/mol. The number of nitrogens with zero attached hydrogens (tertiary/aromatic N) is 4. The van der Waals surface area contributed by atoms with Gasteiger partial charge in [-0.25, -0.2) is 14.8 Å². The third-order valence-corrected chi connectivity index (χ3v) is 6.00. The van der Waals surface area contributed by atoms with Crippen molar-refractivity contribution in [2.24, 2.45) is 0 Å². The second-order valence-electron chi connectivity index (χ2n) is 8.06. The Morgan fingerprint density at radius 2 is 2.06 bits per heavy atom. The van der Waals surface area contributed by atoms with Gasteiger partial charge >= 0.3 is 5.69 Å². The van der Waals surface area contributed by atoms with Gasteiger partial charge in [-0.3, -0.25) is 29.4 Å². The maximum Gasteiger partial charge on any atom is 0.329 e. The summed E-state index contributed by atoms with van der Waals surface area (Å²) in [5.41, 5.74) is 0.293. The van der Waals surface area contributed by atoms with E-state index in [2.05, 4.69) is 39.0 Å². The molecule has 4 heterocycles. The number of nitrogens with one attached hydrogen (secondary N) is 2. The molecule has 3 aromatic heterocycles. The van der Waals surface area contributed by atoms with E-state index in [0.717, 1.165) is 18.8 Å². The Labute approximate surface area is 188 Å². The monoisotopic (exact) mass is 458 g/mol. The minimum atomic E-state index is -0.565. The van der Waals surface area contributed by atoms with E-state index in [1.54, 1.807) is 0 Å². The Balaban J connectivity index is 1.50. The summed E-state index contributed by atoms with van der Waals surface area (Å²) in [6.07, 6.45) is 2.43. The van der Waals surface area contributed by atoms with Crippen molar-refractivity contribution in [2.75, 3.05) is 18.4 Å². The number of ether oxygens (including phenoxy) is 1. The van der Waals surface area contributed by atoms with Crippen molar-refractivity contribution in [3.05, 3.63) is 49.7 Å². The van der Waals surface area contributed by atoms with E-state index in [9.17, 15) is 14.4 Å². The van der Waals surface area contributed by atoms with E-state index in [1.165, 1.54) is 28.2 Å². The quantitative estimate of drug-likeness (QED) is 0.578. The van der Waals surface area contributed by atoms with Gasteiger partial charge in [-0.1, -0.05) is 6.92 Å². The van der Waals surface area contributed by atoms with Crippen LogP contribution in [0.3, 0.4) is 0 Å². The van der Waals surface area contributed by atoms with Crippen LogP contribution in [0.1, 0.15) is 43.2 Å². The zero-order valence-corrected chi connectivity index (χ0v) is 19.1. The van der Waals surface area contributed by atoms with Crippen molar-refractivity contribution in [1.82, 2.24) is 24.4 Å². The van der Waals surface area contributed by atoms with Crippen LogP contribution in [0.4, 0.5) is 5.13 Å². The molecule has 1 saturated heterocycles. The number of aromatic amines is 1. The molecular formula is C21H26N6O4S. The zero-order valence-electron chi connectivity index (χ0n) is 18.3. The summed E-state index contributed by atoms with van der Waals surface area (Å²) in [5, 5.41) is 5.37. The van der Waals surface area contributed by atoms with Gasteiger partial charge in [0.05, 0.1) is 28.9 Å². The van der Waals surface area contributed by atoms with Crippen LogP contribution in [0, 0.1) is 0 Å². The summed E-state index contributed by atoms with van der Waals surface area (Å²) in [6.45, 7) is 8.82. The van der Waals surface area contributed by atoms with Crippen molar-refractivity contribution < 1.29 is 9.53 Å². The van der Waals surface area contributed by atoms with Crippen LogP contribution < -0.4 is 16.6 Å². The van der Waals surface area contributed by atoms with Gasteiger partial charge in [0.2, 0.25) is 0 Å². The predicted octanol–water partition coefficient (Wildman–Crippen LogP) is 1.81. The van der Waals surface area contributed by atoms with E-state index in [0.29, 0.717) is 24.6 Å². The lowest BCUT2D eigenvalue weighted by Crippen LogP contribution is -2.44. The summed E-state index contributed by atoms with van der Waals surface area (Å²) < 4.78 is 7.16. The number of morpholine rings is 1. The molecule has 0 bridgehead atoms. The van der Waals surface area contributed by atoms with Crippen molar-refractivity contribution in [3.63, 3.8) is 0 Å². The topological polar surface area (TPSA) is 122 Å². The molecule has 10 nitrogen and oxygen atoms in total. The normalized spacial score (nSPS) is 19.3. The van der Waals surface area contributed by atoms with Gasteiger partial charge in [-0.05, 0) is 26.3 Å². The van der Waals surface area contributed by atoms with Crippen LogP contribution in [0.2, 0.25) is 0 Å². The molecular weight excluding hydrogens is 432 g/mol. The summed E-state index contributed by atoms with van der Waals surface area (Å²) in [4.78, 5) is 50.4. The molecule has 0 radical (unpaired) electrons. The Bertz CT molecular complexity index is 1240. The fourth-order valence-electron chi connectivity index (χ4n) is 3.97. The lowest BCUT2D eigenvalue weighted by Gasteiger charge is -2.34. The molecule has 0 saturated carbocycles. The van der Waals surface area contributed by atoms with Crippen LogP contribution in [-0.4, -0.2) is 55.6 Å². The molecule has 1 amide bonds. The Hall–Kier alpha value is -2.89. The molecule has 3 aromatic rings. The van der Waals surface area contributed by atoms with Gasteiger partial charge in [-0.2, -0.15) is 0 Å². The van der Waals surface area contributed by atoms with E-state index < -0.39 is 17.2 Å². The number of hydrogen-bond donors (Lipinski definition) is 2. The van der Waals surface area contributed by atoms with Crippen molar-refractivity contribution in [1.29, 1.82) is 0 Å². The van der Waals surface area contributed by atoms with Gasteiger partial charge in [0, 0.05) is 37.8 Å². The number of hydrogen-bond acceptors (Lipinski definition) is 8. The summed E-state index contributed by atoms with van der Waals surface area (Å²) in [7, 11) is 0. The second kappa shape index (κ2) is 9.31. The van der Waals surface area contributed by atoms with Gasteiger partial charge in [0.1, 0.15) is 5.65 Å². The average Bonchev–Trinajstić information content (AvgIpc) is 3.16. The number of aromatic nitrogens is 4. The highest BCUT2D eigenvalue weighted by atomic mass is 32.1. The number of carbonyl (C=O) groups excluding carboxylic acids is 1. The molecule has 2 unspecified atom stereocenters. The third kappa shape index (κ3) is 4.79. The van der Waals surface area contributed by atoms with Crippen molar-refractivity contribution >= 4 is 33.4 Å². The number of carbonyl (C=O) groups is 1. The minimum Gasteiger partial charge on any atom is -0.373 e. The highest BCUT2D eigenvalue weighted by molar-refractivity contribution is 7.14. The molecule has 1 aliphatic rings. The molecule has 2 atom stereocenters. The first kappa shape index (κ1) is 22.3. The molecule has 0 aromatic carbocycles. The van der Waals surface area contributed by atoms with Crippen LogP contribution in [0.25, 0.3) is 11.0 Å². The van der Waals surface area contributed by atoms with Crippen LogP contribution in [0.15, 0.2) is 27.2 Å². The van der Waals surface area contributed by atoms with Gasteiger partial charge < -0.3 is 4.74 Å². The number of aryl methyl sites for hydroxylation is 1. The minimum absolute atomic E-state index is 0.175. The van der Waals surface area contributed by atoms with Crippen molar-refractivity contribution in [3.8, 4) is 0 Å². The fourth-order valence-corrected chi connectivity index (χ4v) is 4.67. The highest BCUT2D eigenvalue weighted by Gasteiger charge is 2.23. The average molecular weight is 459 g/mol. The first-order chi connectivity index (χ1) is 15.3. The Morgan fingerprint density at radius 3 is 2.78 bits per heavy atom. The first-order valence-corrected chi connectivity index (χ1v) is 11.5. The molecule has 32 heavy (non-hydrogen) atoms. The number of rotatable bonds is 6. The SMILES string of the molecule is CCCn1c(=O)[nH]c(=O)c2cc(C(=O)Nc3nc(CN4CC(C)OC(C)C4)cs3)cnc21. The lowest BCUT2D eigenvalue weighted by molar-refractivity contribution is -0.0707. The standard InChI is InChI=1S/C21H26N6O4S/c1-4-5-27-17-16(19(29)25-21(27)30)6-14(7-22-17)18(28)24-20-23-15(11-32-20)10-26-8-12(2)31-13(3)9-26/h6-7,11-13H,4-5,8-10H2,1-3H3,(H,23,24,28)(H,25,29,30). The smallest absolute Gasteiger partial charge is 0.329 e. The van der Waals surface area contributed by atoms with E-state index in [-0.39, 0.29) is 28.8 Å². The molecule has 170 valence electrons. The molecule has 4 rings (SSSR count). The van der Waals surface area contributed by atoms with E-state index in [1.807, 2.05) is 12.3 Å². The van der Waals surface area contributed by atoms with E-state index >= 15 is 0 Å². The Kier molecular flexibility index (Phi) is 6.49. The molecule has 1 fully saturated rings. The number of amides is 1. The van der Waals surface area contributed by atoms with E-state index in [4.69, 9.17) is 4.74 Å². The van der Waals surface area contributed by atoms with Crippen LogP contribution in [0.5, 0.6) is 0 Å². The van der Waals surface area contributed by atoms with Crippen LogP contribution >= 0.6 is 11.3 Å². The zero-order chi connectivity index (χ0) is 22.8. The highest BCUT2D eigenvalue weighted by Crippen LogP contribution is 2.20. The number of pyridine rings is 1. The first-order valence-electron chi connectivity index (χ1n) is 10.6. The molecule has 0 spiro atoms. The summed E-state index contributed by atoms with van der Waals surface area (Å²) >= 11 is 1.35. The molecule has 11 heteroatoms. The molecule has 1 aliphatic heterocycles. The molecule has 0 aliphatic carbocycles. The number of thiazole rings is 1. The third-order valence-electron chi connectivity index (χ3n) is 5.20. The van der Waals surface area contributed by atoms with Crippen LogP contribution in [-0.2, 0) is 17.8 Å². The van der Waals surface area contributed by atoms with Gasteiger partial charge in [-0.15, -0.1) is 11.3 Å². The van der Waals surface area contributed by atoms with Gasteiger partial charge in [0.15, 0.2) is 5.13 Å². The van der Waals surface area contributed by atoms with Crippen molar-refractivity contribution in [2.45, 2.75) is 52.5 Å². The maximum absolute atomic E-state index is 12.7. The fraction of sp³-hybridized carbons (Fsp3) is 0.476. The maximum atomic E-state index is 12.7. The summed E-state index contributed by atoms with van der Waals surface area (Å²) in [5.74, 6) is -0.415. The lowest BCUT2D eigenvalue weighted by atomic mass is 10.2. The largest absolute Gasteiger partial charge is 0.373 e.